The maximum atomic E-state index is 12.0. The third-order valence-electron chi connectivity index (χ3n) is 4.13. The van der Waals surface area contributed by atoms with Gasteiger partial charge in [0.25, 0.3) is 0 Å². The van der Waals surface area contributed by atoms with Crippen molar-refractivity contribution in [2.45, 2.75) is 25.0 Å². The van der Waals surface area contributed by atoms with Gasteiger partial charge in [0.15, 0.2) is 0 Å². The van der Waals surface area contributed by atoms with Crippen LogP contribution in [0.2, 0.25) is 0 Å². The fraction of sp³-hybridized carbons (Fsp3) is 0.500. The molecule has 5 heteroatoms. The molecule has 102 valence electrons. The number of rotatable bonds is 1. The predicted octanol–water partition coefficient (Wildman–Crippen LogP) is 2.29. The molecule has 1 fully saturated rings. The number of carbonyl (C=O) groups excluding carboxylic acids is 1. The maximum absolute atomic E-state index is 12.0. The topological polar surface area (TPSA) is 48.0 Å². The summed E-state index contributed by atoms with van der Waals surface area (Å²) in [6, 6.07) is 5.72. The van der Waals surface area contributed by atoms with Crippen LogP contribution in [0, 0.1) is 0 Å². The summed E-state index contributed by atoms with van der Waals surface area (Å²) < 4.78 is 15.9. The van der Waals surface area contributed by atoms with E-state index < -0.39 is 0 Å². The first kappa shape index (κ1) is 12.3. The molecule has 0 spiro atoms. The molecule has 0 N–H and O–H groups in total. The van der Waals surface area contributed by atoms with E-state index in [2.05, 4.69) is 6.92 Å². The monoisotopic (exact) mass is 263 g/mol. The molecule has 0 radical (unpaired) electrons. The number of hydrogen-bond acceptors (Lipinski definition) is 4. The maximum Gasteiger partial charge on any atom is 0.416 e. The minimum Gasteiger partial charge on any atom is -0.497 e. The molecule has 2 aliphatic rings. The van der Waals surface area contributed by atoms with Crippen LogP contribution in [0.3, 0.4) is 0 Å². The smallest absolute Gasteiger partial charge is 0.416 e. The molecule has 1 saturated heterocycles. The summed E-state index contributed by atoms with van der Waals surface area (Å²) >= 11 is 0. The Morgan fingerprint density at radius 3 is 2.95 bits per heavy atom. The van der Waals surface area contributed by atoms with Gasteiger partial charge in [-0.3, -0.25) is 0 Å². The summed E-state index contributed by atoms with van der Waals surface area (Å²) in [5.41, 5.74) is 1.73. The van der Waals surface area contributed by atoms with Gasteiger partial charge >= 0.3 is 6.09 Å². The van der Waals surface area contributed by atoms with E-state index in [9.17, 15) is 4.79 Å². The number of amides is 1. The molecule has 19 heavy (non-hydrogen) atoms. The first-order valence-electron chi connectivity index (χ1n) is 6.29. The molecule has 1 aromatic rings. The summed E-state index contributed by atoms with van der Waals surface area (Å²) in [5.74, 6) is 0.789. The van der Waals surface area contributed by atoms with Crippen LogP contribution in [0.25, 0.3) is 0 Å². The third-order valence-corrected chi connectivity index (χ3v) is 4.13. The minimum atomic E-state index is -0.387. The summed E-state index contributed by atoms with van der Waals surface area (Å²) in [6.45, 7) is 2.76. The molecule has 3 rings (SSSR count). The van der Waals surface area contributed by atoms with Crippen LogP contribution in [0.5, 0.6) is 5.75 Å². The van der Waals surface area contributed by atoms with E-state index in [0.717, 1.165) is 23.4 Å². The van der Waals surface area contributed by atoms with Gasteiger partial charge < -0.3 is 14.2 Å². The van der Waals surface area contributed by atoms with Crippen LogP contribution in [0.1, 0.15) is 18.9 Å². The van der Waals surface area contributed by atoms with Crippen molar-refractivity contribution in [2.24, 2.45) is 0 Å². The summed E-state index contributed by atoms with van der Waals surface area (Å²) in [6.07, 6.45) is 0.204. The van der Waals surface area contributed by atoms with Crippen molar-refractivity contribution in [2.75, 3.05) is 25.7 Å². The predicted molar refractivity (Wildman–Crippen MR) is 69.6 cm³/mol. The van der Waals surface area contributed by atoms with Crippen LogP contribution >= 0.6 is 0 Å². The van der Waals surface area contributed by atoms with E-state index in [1.807, 2.05) is 18.2 Å². The highest BCUT2D eigenvalue weighted by Gasteiger charge is 2.54. The Hall–Kier alpha value is -1.75. The molecule has 0 aliphatic carbocycles. The van der Waals surface area contributed by atoms with Gasteiger partial charge in [0.2, 0.25) is 0 Å². The minimum absolute atomic E-state index is 0.196. The van der Waals surface area contributed by atoms with Gasteiger partial charge in [-0.2, -0.15) is 0 Å². The zero-order valence-electron chi connectivity index (χ0n) is 11.3. The van der Waals surface area contributed by atoms with Gasteiger partial charge in [-0.1, -0.05) is 6.92 Å². The molecule has 1 amide bonds. The third kappa shape index (κ3) is 1.54. The quantitative estimate of drug-likeness (QED) is 0.780. The van der Waals surface area contributed by atoms with Crippen LogP contribution in [0.15, 0.2) is 18.2 Å². The first-order chi connectivity index (χ1) is 9.11. The van der Waals surface area contributed by atoms with E-state index in [1.54, 1.807) is 12.0 Å². The van der Waals surface area contributed by atoms with E-state index >= 15 is 0 Å². The Morgan fingerprint density at radius 1 is 1.47 bits per heavy atom. The van der Waals surface area contributed by atoms with Gasteiger partial charge in [-0.15, -0.1) is 0 Å². The highest BCUT2D eigenvalue weighted by molar-refractivity contribution is 5.92. The van der Waals surface area contributed by atoms with Crippen molar-refractivity contribution in [3.05, 3.63) is 23.8 Å². The Labute approximate surface area is 112 Å². The van der Waals surface area contributed by atoms with Crippen LogP contribution in [0.4, 0.5) is 10.5 Å². The van der Waals surface area contributed by atoms with Crippen LogP contribution < -0.4 is 9.64 Å². The zero-order valence-corrected chi connectivity index (χ0v) is 11.3. The molecule has 2 atom stereocenters. The van der Waals surface area contributed by atoms with E-state index in [0.29, 0.717) is 6.61 Å². The van der Waals surface area contributed by atoms with Crippen molar-refractivity contribution in [3.63, 3.8) is 0 Å². The fourth-order valence-electron chi connectivity index (χ4n) is 3.05. The first-order valence-corrected chi connectivity index (χ1v) is 6.29. The second kappa shape index (κ2) is 4.13. The molecule has 1 aromatic carbocycles. The van der Waals surface area contributed by atoms with Gasteiger partial charge in [-0.05, 0) is 30.2 Å². The molecule has 5 nitrogen and oxygen atoms in total. The SMILES string of the molecule is COC(=O)N1c2ccc(OC)cc2C2(C)CCOC12. The largest absolute Gasteiger partial charge is 0.497 e. The van der Waals surface area contributed by atoms with E-state index in [1.165, 1.54) is 7.11 Å². The number of methoxy groups -OCH3 is 2. The molecule has 2 unspecified atom stereocenters. The number of anilines is 1. The summed E-state index contributed by atoms with van der Waals surface area (Å²) in [4.78, 5) is 13.6. The van der Waals surface area contributed by atoms with Gasteiger partial charge in [0.05, 0.1) is 26.5 Å². The lowest BCUT2D eigenvalue weighted by Gasteiger charge is -2.27. The average Bonchev–Trinajstić information content (AvgIpc) is 2.91. The number of nitrogens with zero attached hydrogens (tertiary/aromatic N) is 1. The molecular weight excluding hydrogens is 246 g/mol. The second-order valence-corrected chi connectivity index (χ2v) is 5.11. The lowest BCUT2D eigenvalue weighted by atomic mass is 9.82. The zero-order chi connectivity index (χ0) is 13.6. The summed E-state index contributed by atoms with van der Waals surface area (Å²) in [7, 11) is 3.02. The highest BCUT2D eigenvalue weighted by Crippen LogP contribution is 2.51. The number of benzene rings is 1. The molecule has 2 heterocycles. The van der Waals surface area contributed by atoms with Crippen molar-refractivity contribution >= 4 is 11.8 Å². The van der Waals surface area contributed by atoms with Gasteiger partial charge in [0, 0.05) is 5.41 Å². The molecule has 2 aliphatic heterocycles. The van der Waals surface area contributed by atoms with Gasteiger partial charge in [0.1, 0.15) is 12.0 Å². The highest BCUT2D eigenvalue weighted by atomic mass is 16.6. The number of carbonyl (C=O) groups is 1. The molecular formula is C14H17NO4. The number of fused-ring (bicyclic) bond motifs is 3. The van der Waals surface area contributed by atoms with Crippen molar-refractivity contribution in [1.29, 1.82) is 0 Å². The van der Waals surface area contributed by atoms with E-state index in [4.69, 9.17) is 14.2 Å². The van der Waals surface area contributed by atoms with Crippen LogP contribution in [-0.4, -0.2) is 33.1 Å². The second-order valence-electron chi connectivity index (χ2n) is 5.11. The molecule has 0 saturated carbocycles. The Bertz CT molecular complexity index is 530. The summed E-state index contributed by atoms with van der Waals surface area (Å²) in [5, 5.41) is 0. The Kier molecular flexibility index (Phi) is 2.67. The Morgan fingerprint density at radius 2 is 2.26 bits per heavy atom. The Balaban J connectivity index is 2.15. The molecule has 0 bridgehead atoms. The van der Waals surface area contributed by atoms with Crippen molar-refractivity contribution in [1.82, 2.24) is 0 Å². The van der Waals surface area contributed by atoms with E-state index in [-0.39, 0.29) is 17.7 Å². The lowest BCUT2D eigenvalue weighted by Crippen LogP contribution is -2.43. The molecule has 0 aromatic heterocycles. The fourth-order valence-corrected chi connectivity index (χ4v) is 3.05. The number of hydrogen-bond donors (Lipinski definition) is 0. The normalized spacial score (nSPS) is 27.9. The average molecular weight is 263 g/mol. The van der Waals surface area contributed by atoms with Crippen molar-refractivity contribution < 1.29 is 19.0 Å². The lowest BCUT2D eigenvalue weighted by molar-refractivity contribution is 0.0816. The van der Waals surface area contributed by atoms with Crippen LogP contribution in [-0.2, 0) is 14.9 Å². The standard InChI is InChI=1S/C14H17NO4/c1-14-6-7-19-12(14)15(13(16)18-3)11-5-4-9(17-2)8-10(11)14/h4-5,8,12H,6-7H2,1-3H3. The number of ether oxygens (including phenoxy) is 3. The van der Waals surface area contributed by atoms with Crippen molar-refractivity contribution in [3.8, 4) is 5.75 Å². The van der Waals surface area contributed by atoms with Gasteiger partial charge in [-0.25, -0.2) is 9.69 Å².